The molecule has 124 valence electrons. The summed E-state index contributed by atoms with van der Waals surface area (Å²) in [7, 11) is -3.36. The number of aromatic nitrogens is 1. The Kier molecular flexibility index (Phi) is 5.91. The fraction of sp³-hybridized carbons (Fsp3) is 0.286. The minimum Gasteiger partial charge on any atom is -0.334 e. The van der Waals surface area contributed by atoms with Gasteiger partial charge in [0.25, 0.3) is 0 Å². The summed E-state index contributed by atoms with van der Waals surface area (Å²) in [5.74, 6) is -0.0745. The number of amides is 1. The Hall–Kier alpha value is -1.71. The Morgan fingerprint density at radius 1 is 1.48 bits per heavy atom. The molecule has 2 heterocycles. The Bertz CT molecular complexity index is 766. The normalized spacial score (nSPS) is 11.2. The Morgan fingerprint density at radius 3 is 2.87 bits per heavy atom. The fourth-order valence-electron chi connectivity index (χ4n) is 1.86. The zero-order valence-electron chi connectivity index (χ0n) is 12.6. The van der Waals surface area contributed by atoms with Gasteiger partial charge in [0.05, 0.1) is 24.9 Å². The van der Waals surface area contributed by atoms with Crippen molar-refractivity contribution in [3.8, 4) is 0 Å². The molecule has 0 saturated heterocycles. The van der Waals surface area contributed by atoms with Crippen LogP contribution in [-0.2, 0) is 27.8 Å². The minimum atomic E-state index is -3.36. The van der Waals surface area contributed by atoms with Crippen molar-refractivity contribution in [2.24, 2.45) is 0 Å². The SMILES string of the molecule is C=CCN(Cc1cccs1)C(=O)Cc1csc(NS(C)(=O)=O)n1. The van der Waals surface area contributed by atoms with Gasteiger partial charge in [0.15, 0.2) is 5.13 Å². The second-order valence-electron chi connectivity index (χ2n) is 4.84. The number of anilines is 1. The van der Waals surface area contributed by atoms with Gasteiger partial charge >= 0.3 is 0 Å². The van der Waals surface area contributed by atoms with Gasteiger partial charge in [-0.05, 0) is 11.4 Å². The summed E-state index contributed by atoms with van der Waals surface area (Å²) in [4.78, 5) is 19.4. The highest BCUT2D eigenvalue weighted by molar-refractivity contribution is 7.92. The summed E-state index contributed by atoms with van der Waals surface area (Å²) in [5, 5.41) is 3.92. The van der Waals surface area contributed by atoms with Crippen LogP contribution >= 0.6 is 22.7 Å². The molecule has 0 aliphatic rings. The molecule has 0 unspecified atom stereocenters. The molecule has 9 heteroatoms. The zero-order chi connectivity index (χ0) is 16.9. The van der Waals surface area contributed by atoms with Crippen molar-refractivity contribution in [1.82, 2.24) is 9.88 Å². The maximum Gasteiger partial charge on any atom is 0.231 e. The van der Waals surface area contributed by atoms with Crippen LogP contribution in [0.2, 0.25) is 0 Å². The van der Waals surface area contributed by atoms with Gasteiger partial charge < -0.3 is 4.90 Å². The molecule has 0 spiro atoms. The molecule has 2 aromatic rings. The van der Waals surface area contributed by atoms with Crippen molar-refractivity contribution in [1.29, 1.82) is 0 Å². The monoisotopic (exact) mass is 371 g/mol. The molecule has 0 saturated carbocycles. The highest BCUT2D eigenvalue weighted by atomic mass is 32.2. The van der Waals surface area contributed by atoms with Crippen molar-refractivity contribution in [3.63, 3.8) is 0 Å². The van der Waals surface area contributed by atoms with E-state index < -0.39 is 10.0 Å². The van der Waals surface area contributed by atoms with Crippen molar-refractivity contribution >= 4 is 43.7 Å². The number of nitrogens with one attached hydrogen (secondary N) is 1. The van der Waals surface area contributed by atoms with Gasteiger partial charge in [0, 0.05) is 16.8 Å². The third-order valence-electron chi connectivity index (χ3n) is 2.79. The molecule has 0 aromatic carbocycles. The molecule has 0 aliphatic heterocycles. The van der Waals surface area contributed by atoms with Crippen LogP contribution in [-0.4, -0.2) is 37.0 Å². The van der Waals surface area contributed by atoms with E-state index in [4.69, 9.17) is 0 Å². The van der Waals surface area contributed by atoms with Crippen LogP contribution in [0.25, 0.3) is 0 Å². The predicted octanol–water partition coefficient (Wildman–Crippen LogP) is 2.33. The van der Waals surface area contributed by atoms with E-state index in [-0.39, 0.29) is 17.5 Å². The Labute approximate surface area is 143 Å². The average molecular weight is 372 g/mol. The molecule has 2 rings (SSSR count). The van der Waals surface area contributed by atoms with Gasteiger partial charge in [0.1, 0.15) is 0 Å². The average Bonchev–Trinajstić information content (AvgIpc) is 3.08. The number of rotatable bonds is 8. The second kappa shape index (κ2) is 7.71. The lowest BCUT2D eigenvalue weighted by Gasteiger charge is -2.20. The fourth-order valence-corrected chi connectivity index (χ4v) is 4.14. The first-order valence-corrected chi connectivity index (χ1v) is 10.4. The molecule has 1 amide bonds. The van der Waals surface area contributed by atoms with Crippen molar-refractivity contribution in [2.75, 3.05) is 17.5 Å². The van der Waals surface area contributed by atoms with Gasteiger partial charge in [0.2, 0.25) is 15.9 Å². The topological polar surface area (TPSA) is 79.4 Å². The lowest BCUT2D eigenvalue weighted by molar-refractivity contribution is -0.130. The maximum absolute atomic E-state index is 12.4. The maximum atomic E-state index is 12.4. The number of nitrogens with zero attached hydrogens (tertiary/aromatic N) is 2. The molecule has 0 atom stereocenters. The molecule has 1 N–H and O–H groups in total. The number of thiazole rings is 1. The van der Waals surface area contributed by atoms with Crippen LogP contribution in [0.1, 0.15) is 10.6 Å². The van der Waals surface area contributed by atoms with E-state index in [0.717, 1.165) is 22.5 Å². The summed E-state index contributed by atoms with van der Waals surface area (Å²) in [6, 6.07) is 3.92. The quantitative estimate of drug-likeness (QED) is 0.722. The summed E-state index contributed by atoms with van der Waals surface area (Å²) < 4.78 is 24.7. The van der Waals surface area contributed by atoms with Gasteiger partial charge in [-0.3, -0.25) is 9.52 Å². The number of carbonyl (C=O) groups excluding carboxylic acids is 1. The van der Waals surface area contributed by atoms with Crippen molar-refractivity contribution < 1.29 is 13.2 Å². The van der Waals surface area contributed by atoms with E-state index >= 15 is 0 Å². The molecule has 0 fully saturated rings. The van der Waals surface area contributed by atoms with Crippen LogP contribution < -0.4 is 4.72 Å². The summed E-state index contributed by atoms with van der Waals surface area (Å²) in [6.07, 6.45) is 2.87. The molecular weight excluding hydrogens is 354 g/mol. The number of sulfonamides is 1. The predicted molar refractivity (Wildman–Crippen MR) is 94.2 cm³/mol. The van der Waals surface area contributed by atoms with Crippen LogP contribution in [0.15, 0.2) is 35.5 Å². The van der Waals surface area contributed by atoms with E-state index in [1.54, 1.807) is 27.7 Å². The molecular formula is C14H17N3O3S3. The van der Waals surface area contributed by atoms with E-state index in [1.807, 2.05) is 17.5 Å². The van der Waals surface area contributed by atoms with Crippen molar-refractivity contribution in [2.45, 2.75) is 13.0 Å². The molecule has 0 aliphatic carbocycles. The van der Waals surface area contributed by atoms with Gasteiger partial charge in [-0.25, -0.2) is 13.4 Å². The smallest absolute Gasteiger partial charge is 0.231 e. The van der Waals surface area contributed by atoms with E-state index in [2.05, 4.69) is 16.3 Å². The number of carbonyl (C=O) groups is 1. The van der Waals surface area contributed by atoms with E-state index in [1.165, 1.54) is 0 Å². The highest BCUT2D eigenvalue weighted by Crippen LogP contribution is 2.18. The minimum absolute atomic E-state index is 0.0745. The third-order valence-corrected chi connectivity index (χ3v) is 5.15. The first-order valence-electron chi connectivity index (χ1n) is 6.70. The summed E-state index contributed by atoms with van der Waals surface area (Å²) >= 11 is 2.75. The standard InChI is InChI=1S/C14H17N3O3S3/c1-3-6-17(9-12-5-4-7-21-12)13(18)8-11-10-22-14(15-11)16-23(2,19)20/h3-5,7,10H,1,6,8-9H2,2H3,(H,15,16). The van der Waals surface area contributed by atoms with E-state index in [0.29, 0.717) is 18.8 Å². The molecule has 0 radical (unpaired) electrons. The van der Waals surface area contributed by atoms with Crippen LogP contribution in [0, 0.1) is 0 Å². The van der Waals surface area contributed by atoms with Crippen LogP contribution in [0.4, 0.5) is 5.13 Å². The molecule has 2 aromatic heterocycles. The van der Waals surface area contributed by atoms with Crippen LogP contribution in [0.5, 0.6) is 0 Å². The second-order valence-corrected chi connectivity index (χ2v) is 8.48. The largest absolute Gasteiger partial charge is 0.334 e. The van der Waals surface area contributed by atoms with Crippen LogP contribution in [0.3, 0.4) is 0 Å². The highest BCUT2D eigenvalue weighted by Gasteiger charge is 2.16. The first-order chi connectivity index (χ1) is 10.9. The van der Waals surface area contributed by atoms with Gasteiger partial charge in [-0.15, -0.1) is 29.3 Å². The first kappa shape index (κ1) is 17.6. The third kappa shape index (κ3) is 5.77. The molecule has 6 nitrogen and oxygen atoms in total. The lowest BCUT2D eigenvalue weighted by Crippen LogP contribution is -2.31. The number of hydrogen-bond donors (Lipinski definition) is 1. The lowest BCUT2D eigenvalue weighted by atomic mass is 10.3. The van der Waals surface area contributed by atoms with Gasteiger partial charge in [-0.1, -0.05) is 12.1 Å². The summed E-state index contributed by atoms with van der Waals surface area (Å²) in [5.41, 5.74) is 0.548. The summed E-state index contributed by atoms with van der Waals surface area (Å²) in [6.45, 7) is 4.67. The Balaban J connectivity index is 2.02. The number of thiophene rings is 1. The van der Waals surface area contributed by atoms with E-state index in [9.17, 15) is 13.2 Å². The number of hydrogen-bond acceptors (Lipinski definition) is 6. The Morgan fingerprint density at radius 2 is 2.26 bits per heavy atom. The zero-order valence-corrected chi connectivity index (χ0v) is 15.0. The van der Waals surface area contributed by atoms with Crippen molar-refractivity contribution in [3.05, 3.63) is 46.1 Å². The molecule has 0 bridgehead atoms. The van der Waals surface area contributed by atoms with Gasteiger partial charge in [-0.2, -0.15) is 0 Å². The molecule has 23 heavy (non-hydrogen) atoms.